The molecule has 1 saturated heterocycles. The van der Waals surface area contributed by atoms with Gasteiger partial charge in [0.15, 0.2) is 0 Å². The molecule has 7 heteroatoms. The fraction of sp³-hybridized carbons (Fsp3) is 0.579. The van der Waals surface area contributed by atoms with Crippen LogP contribution in [-0.2, 0) is 17.5 Å². The van der Waals surface area contributed by atoms with Crippen LogP contribution in [0.3, 0.4) is 0 Å². The summed E-state index contributed by atoms with van der Waals surface area (Å²) in [6, 6.07) is 4.21. The maximum absolute atomic E-state index is 13.0. The molecule has 1 saturated carbocycles. The molecule has 1 heterocycles. The molecule has 1 spiro atoms. The van der Waals surface area contributed by atoms with Gasteiger partial charge in [0.1, 0.15) is 5.54 Å². The van der Waals surface area contributed by atoms with Gasteiger partial charge >= 0.3 is 12.2 Å². The molecule has 0 radical (unpaired) electrons. The van der Waals surface area contributed by atoms with Gasteiger partial charge in [-0.3, -0.25) is 9.69 Å². The first-order valence-electron chi connectivity index (χ1n) is 8.72. The molecule has 2 aliphatic rings. The van der Waals surface area contributed by atoms with Crippen molar-refractivity contribution in [3.05, 3.63) is 35.4 Å². The van der Waals surface area contributed by atoms with Gasteiger partial charge in [-0.05, 0) is 48.3 Å². The summed E-state index contributed by atoms with van der Waals surface area (Å²) in [4.78, 5) is 26.5. The highest BCUT2D eigenvalue weighted by molar-refractivity contribution is 6.07. The number of hydrogen-bond donors (Lipinski definition) is 1. The van der Waals surface area contributed by atoms with Crippen LogP contribution < -0.4 is 5.32 Å². The number of imide groups is 1. The molecule has 1 aliphatic carbocycles. The van der Waals surface area contributed by atoms with Crippen molar-refractivity contribution in [2.45, 2.75) is 58.3 Å². The third kappa shape index (κ3) is 3.44. The molecule has 1 aromatic rings. The molecule has 1 aliphatic heterocycles. The van der Waals surface area contributed by atoms with Crippen LogP contribution in [-0.4, -0.2) is 22.4 Å². The van der Waals surface area contributed by atoms with Crippen molar-refractivity contribution in [2.24, 2.45) is 11.3 Å². The van der Waals surface area contributed by atoms with Gasteiger partial charge in [-0.25, -0.2) is 4.79 Å². The molecule has 26 heavy (non-hydrogen) atoms. The highest BCUT2D eigenvalue weighted by atomic mass is 19.4. The molecular formula is C19H23F3N2O2. The minimum atomic E-state index is -4.46. The minimum Gasteiger partial charge on any atom is -0.323 e. The highest BCUT2D eigenvalue weighted by Crippen LogP contribution is 2.46. The number of benzene rings is 1. The zero-order valence-electron chi connectivity index (χ0n) is 15.1. The molecule has 142 valence electrons. The average Bonchev–Trinajstić information content (AvgIpc) is 2.68. The van der Waals surface area contributed by atoms with Gasteiger partial charge in [0, 0.05) is 0 Å². The number of amides is 3. The molecule has 3 amide bonds. The Hall–Kier alpha value is -2.05. The van der Waals surface area contributed by atoms with Gasteiger partial charge in [-0.2, -0.15) is 13.2 Å². The SMILES string of the molecule is C[C@H]1CC(C)(C)C[C@]2(C1)NC(=O)N(Cc1cccc(C(F)(F)F)c1)C2=O. The van der Waals surface area contributed by atoms with Crippen LogP contribution >= 0.6 is 0 Å². The normalized spacial score (nSPS) is 28.5. The van der Waals surface area contributed by atoms with Crippen molar-refractivity contribution >= 4 is 11.9 Å². The predicted molar refractivity (Wildman–Crippen MR) is 90.1 cm³/mol. The third-order valence-electron chi connectivity index (χ3n) is 5.22. The van der Waals surface area contributed by atoms with E-state index in [1.54, 1.807) is 0 Å². The number of rotatable bonds is 2. The average molecular weight is 368 g/mol. The molecule has 0 aromatic heterocycles. The van der Waals surface area contributed by atoms with Crippen LogP contribution in [0, 0.1) is 11.3 Å². The Morgan fingerprint density at radius 3 is 2.54 bits per heavy atom. The molecule has 0 unspecified atom stereocenters. The van der Waals surface area contributed by atoms with E-state index in [1.165, 1.54) is 12.1 Å². The van der Waals surface area contributed by atoms with Crippen molar-refractivity contribution in [3.63, 3.8) is 0 Å². The van der Waals surface area contributed by atoms with Gasteiger partial charge in [-0.1, -0.05) is 32.9 Å². The maximum Gasteiger partial charge on any atom is 0.416 e. The van der Waals surface area contributed by atoms with Crippen LogP contribution in [0.5, 0.6) is 0 Å². The first kappa shape index (κ1) is 18.7. The number of nitrogens with one attached hydrogen (secondary N) is 1. The largest absolute Gasteiger partial charge is 0.416 e. The molecule has 2 fully saturated rings. The summed E-state index contributed by atoms with van der Waals surface area (Å²) < 4.78 is 38.7. The van der Waals surface area contributed by atoms with Crippen LogP contribution in [0.15, 0.2) is 24.3 Å². The monoisotopic (exact) mass is 368 g/mol. The zero-order valence-corrected chi connectivity index (χ0v) is 15.1. The summed E-state index contributed by atoms with van der Waals surface area (Å²) >= 11 is 0. The van der Waals surface area contributed by atoms with Gasteiger partial charge < -0.3 is 5.32 Å². The van der Waals surface area contributed by atoms with Crippen LogP contribution in [0.25, 0.3) is 0 Å². The topological polar surface area (TPSA) is 49.4 Å². The van der Waals surface area contributed by atoms with Crippen molar-refractivity contribution in [3.8, 4) is 0 Å². The molecule has 3 rings (SSSR count). The van der Waals surface area contributed by atoms with Gasteiger partial charge in [0.2, 0.25) is 0 Å². The van der Waals surface area contributed by atoms with E-state index in [1.807, 2.05) is 0 Å². The number of halogens is 3. The molecule has 2 atom stereocenters. The van der Waals surface area contributed by atoms with E-state index in [0.717, 1.165) is 23.5 Å². The first-order chi connectivity index (χ1) is 11.9. The molecule has 4 nitrogen and oxygen atoms in total. The summed E-state index contributed by atoms with van der Waals surface area (Å²) in [6.07, 6.45) is -2.41. The molecule has 0 bridgehead atoms. The van der Waals surface area contributed by atoms with Crippen molar-refractivity contribution in [1.29, 1.82) is 0 Å². The number of urea groups is 1. The van der Waals surface area contributed by atoms with E-state index in [9.17, 15) is 22.8 Å². The van der Waals surface area contributed by atoms with Crippen LogP contribution in [0.1, 0.15) is 51.2 Å². The Balaban J connectivity index is 1.84. The van der Waals surface area contributed by atoms with Crippen molar-refractivity contribution < 1.29 is 22.8 Å². The Morgan fingerprint density at radius 2 is 1.92 bits per heavy atom. The van der Waals surface area contributed by atoms with E-state index in [2.05, 4.69) is 26.1 Å². The standard InChI is InChI=1S/C19H23F3N2O2/c1-12-8-17(2,3)11-18(9-12)15(25)24(16(26)23-18)10-13-5-4-6-14(7-13)19(20,21)22/h4-7,12H,8-11H2,1-3H3,(H,23,26)/t12-,18-/m0/s1. The third-order valence-corrected chi connectivity index (χ3v) is 5.22. The maximum atomic E-state index is 13.0. The number of carbonyl (C=O) groups is 2. The summed E-state index contributed by atoms with van der Waals surface area (Å²) in [5, 5.41) is 2.84. The van der Waals surface area contributed by atoms with E-state index in [0.29, 0.717) is 12.8 Å². The lowest BCUT2D eigenvalue weighted by Gasteiger charge is -2.43. The van der Waals surface area contributed by atoms with E-state index >= 15 is 0 Å². The van der Waals surface area contributed by atoms with Crippen LogP contribution in [0.4, 0.5) is 18.0 Å². The fourth-order valence-corrected chi connectivity index (χ4v) is 4.68. The van der Waals surface area contributed by atoms with Crippen LogP contribution in [0.2, 0.25) is 0 Å². The van der Waals surface area contributed by atoms with E-state index in [-0.39, 0.29) is 29.3 Å². The van der Waals surface area contributed by atoms with E-state index in [4.69, 9.17) is 0 Å². The second kappa shape index (κ2) is 5.99. The zero-order chi connectivity index (χ0) is 19.3. The molecule has 1 aromatic carbocycles. The lowest BCUT2D eigenvalue weighted by atomic mass is 9.64. The Bertz CT molecular complexity index is 745. The second-order valence-electron chi connectivity index (χ2n) is 8.46. The quantitative estimate of drug-likeness (QED) is 0.790. The van der Waals surface area contributed by atoms with Crippen molar-refractivity contribution in [2.75, 3.05) is 0 Å². The highest BCUT2D eigenvalue weighted by Gasteiger charge is 2.56. The minimum absolute atomic E-state index is 0.0905. The fourth-order valence-electron chi connectivity index (χ4n) is 4.68. The van der Waals surface area contributed by atoms with E-state index < -0.39 is 23.3 Å². The van der Waals surface area contributed by atoms with Gasteiger partial charge in [-0.15, -0.1) is 0 Å². The Kier molecular flexibility index (Phi) is 4.32. The van der Waals surface area contributed by atoms with Gasteiger partial charge in [0.25, 0.3) is 5.91 Å². The smallest absolute Gasteiger partial charge is 0.323 e. The lowest BCUT2D eigenvalue weighted by molar-refractivity contribution is -0.137. The summed E-state index contributed by atoms with van der Waals surface area (Å²) in [6.45, 7) is 6.03. The summed E-state index contributed by atoms with van der Waals surface area (Å²) in [5.41, 5.74) is -1.54. The summed E-state index contributed by atoms with van der Waals surface area (Å²) in [7, 11) is 0. The number of nitrogens with zero attached hydrogens (tertiary/aromatic N) is 1. The van der Waals surface area contributed by atoms with Crippen molar-refractivity contribution in [1.82, 2.24) is 10.2 Å². The number of carbonyl (C=O) groups excluding carboxylic acids is 2. The Morgan fingerprint density at radius 1 is 1.23 bits per heavy atom. The molecular weight excluding hydrogens is 345 g/mol. The summed E-state index contributed by atoms with van der Waals surface area (Å²) in [5.74, 6) is -0.0592. The predicted octanol–water partition coefficient (Wildman–Crippen LogP) is 4.34. The number of alkyl halides is 3. The number of hydrogen-bond acceptors (Lipinski definition) is 2. The lowest BCUT2D eigenvalue weighted by Crippen LogP contribution is -2.54. The van der Waals surface area contributed by atoms with Gasteiger partial charge in [0.05, 0.1) is 12.1 Å². The molecule has 1 N–H and O–H groups in total. The second-order valence-corrected chi connectivity index (χ2v) is 8.46. The first-order valence-corrected chi connectivity index (χ1v) is 8.72. The Labute approximate surface area is 150 Å².